The minimum Gasteiger partial charge on any atom is -0.496 e. The molecule has 3 N–H and O–H groups in total. The Bertz CT molecular complexity index is 658. The molecule has 0 bridgehead atoms. The Hall–Kier alpha value is -2.61. The van der Waals surface area contributed by atoms with Crippen LogP contribution in [-0.2, 0) is 7.05 Å². The predicted molar refractivity (Wildman–Crippen MR) is 83.9 cm³/mol. The summed E-state index contributed by atoms with van der Waals surface area (Å²) < 4.78 is 6.92. The van der Waals surface area contributed by atoms with E-state index in [-0.39, 0.29) is 12.6 Å². The number of aromatic nitrogens is 3. The Kier molecular flexibility index (Phi) is 5.53. The van der Waals surface area contributed by atoms with Crippen LogP contribution in [0.15, 0.2) is 30.6 Å². The van der Waals surface area contributed by atoms with Crippen molar-refractivity contribution in [2.24, 2.45) is 7.05 Å². The first kappa shape index (κ1) is 16.8. The summed E-state index contributed by atoms with van der Waals surface area (Å²) in [5, 5.41) is 23.3. The number of amides is 2. The average Bonchev–Trinajstić information content (AvgIpc) is 2.98. The molecule has 8 heteroatoms. The quantitative estimate of drug-likeness (QED) is 0.735. The first-order valence-corrected chi connectivity index (χ1v) is 7.22. The van der Waals surface area contributed by atoms with Gasteiger partial charge in [-0.2, -0.15) is 0 Å². The molecule has 2 atom stereocenters. The summed E-state index contributed by atoms with van der Waals surface area (Å²) in [6.07, 6.45) is 0.707. The Balaban J connectivity index is 1.88. The molecule has 1 aromatic carbocycles. The maximum atomic E-state index is 11.9. The molecule has 0 aliphatic heterocycles. The lowest BCUT2D eigenvalue weighted by atomic mass is 10.1. The molecule has 124 valence electrons. The molecule has 23 heavy (non-hydrogen) atoms. The van der Waals surface area contributed by atoms with Crippen LogP contribution in [0, 0.1) is 0 Å². The summed E-state index contributed by atoms with van der Waals surface area (Å²) >= 11 is 0. The molecule has 0 aliphatic rings. The molecule has 0 spiro atoms. The van der Waals surface area contributed by atoms with E-state index in [0.717, 1.165) is 0 Å². The van der Waals surface area contributed by atoms with Crippen LogP contribution in [0.5, 0.6) is 5.75 Å². The fraction of sp³-hybridized carbons (Fsp3) is 0.400. The van der Waals surface area contributed by atoms with Gasteiger partial charge in [0.2, 0.25) is 0 Å². The molecule has 2 rings (SSSR count). The fourth-order valence-electron chi connectivity index (χ4n) is 2.24. The normalized spacial score (nSPS) is 13.2. The lowest BCUT2D eigenvalue weighted by Crippen LogP contribution is -2.39. The minimum atomic E-state index is -0.859. The molecular formula is C15H21N5O3. The van der Waals surface area contributed by atoms with Gasteiger partial charge >= 0.3 is 6.03 Å². The molecule has 0 radical (unpaired) electrons. The number of hydrogen-bond acceptors (Lipinski definition) is 5. The average molecular weight is 319 g/mol. The molecule has 1 heterocycles. The van der Waals surface area contributed by atoms with E-state index in [4.69, 9.17) is 4.74 Å². The molecule has 8 nitrogen and oxygen atoms in total. The monoisotopic (exact) mass is 319 g/mol. The van der Waals surface area contributed by atoms with Crippen molar-refractivity contribution >= 4 is 6.03 Å². The second-order valence-electron chi connectivity index (χ2n) is 5.13. The van der Waals surface area contributed by atoms with Crippen molar-refractivity contribution in [3.05, 3.63) is 42.0 Å². The molecule has 0 saturated heterocycles. The van der Waals surface area contributed by atoms with E-state index < -0.39 is 12.1 Å². The van der Waals surface area contributed by atoms with Crippen molar-refractivity contribution in [2.45, 2.75) is 19.1 Å². The SMILES string of the molecule is COc1ccccc1[C@@H](O)CNC(=O)N[C@@H](C)c1nncn1C. The summed E-state index contributed by atoms with van der Waals surface area (Å²) in [5.74, 6) is 1.22. The van der Waals surface area contributed by atoms with Crippen LogP contribution in [0.2, 0.25) is 0 Å². The van der Waals surface area contributed by atoms with Crippen molar-refractivity contribution in [3.63, 3.8) is 0 Å². The number of benzene rings is 1. The number of carbonyl (C=O) groups excluding carboxylic acids is 1. The maximum Gasteiger partial charge on any atom is 0.315 e. The Morgan fingerprint density at radius 3 is 2.83 bits per heavy atom. The van der Waals surface area contributed by atoms with Gasteiger partial charge in [-0.1, -0.05) is 18.2 Å². The zero-order chi connectivity index (χ0) is 16.8. The zero-order valence-electron chi connectivity index (χ0n) is 13.4. The zero-order valence-corrected chi connectivity index (χ0v) is 13.4. The highest BCUT2D eigenvalue weighted by molar-refractivity contribution is 5.74. The van der Waals surface area contributed by atoms with Crippen LogP contribution in [0.1, 0.15) is 30.5 Å². The van der Waals surface area contributed by atoms with Gasteiger partial charge in [0.15, 0.2) is 5.82 Å². The highest BCUT2D eigenvalue weighted by Crippen LogP contribution is 2.23. The van der Waals surface area contributed by atoms with Gasteiger partial charge in [-0.25, -0.2) is 4.79 Å². The van der Waals surface area contributed by atoms with Gasteiger partial charge in [0, 0.05) is 19.2 Å². The highest BCUT2D eigenvalue weighted by atomic mass is 16.5. The largest absolute Gasteiger partial charge is 0.496 e. The number of nitrogens with zero attached hydrogens (tertiary/aromatic N) is 3. The molecule has 0 fully saturated rings. The third-order valence-corrected chi connectivity index (χ3v) is 3.44. The number of aliphatic hydroxyl groups excluding tert-OH is 1. The summed E-state index contributed by atoms with van der Waals surface area (Å²) in [5.41, 5.74) is 0.622. The van der Waals surface area contributed by atoms with E-state index in [1.165, 1.54) is 7.11 Å². The smallest absolute Gasteiger partial charge is 0.315 e. The van der Waals surface area contributed by atoms with Gasteiger partial charge in [0.1, 0.15) is 12.1 Å². The van der Waals surface area contributed by atoms with Crippen LogP contribution in [-0.4, -0.2) is 39.6 Å². The summed E-state index contributed by atoms with van der Waals surface area (Å²) in [4.78, 5) is 11.9. The third kappa shape index (κ3) is 4.19. The van der Waals surface area contributed by atoms with Crippen molar-refractivity contribution < 1.29 is 14.6 Å². The van der Waals surface area contributed by atoms with Crippen LogP contribution >= 0.6 is 0 Å². The first-order chi connectivity index (χ1) is 11.0. The van der Waals surface area contributed by atoms with E-state index >= 15 is 0 Å². The number of urea groups is 1. The van der Waals surface area contributed by atoms with E-state index in [1.807, 2.05) is 6.07 Å². The van der Waals surface area contributed by atoms with Gasteiger partial charge in [-0.15, -0.1) is 10.2 Å². The van der Waals surface area contributed by atoms with E-state index in [2.05, 4.69) is 20.8 Å². The van der Waals surface area contributed by atoms with Gasteiger partial charge in [0.05, 0.1) is 19.3 Å². The van der Waals surface area contributed by atoms with Crippen LogP contribution in [0.4, 0.5) is 4.79 Å². The lowest BCUT2D eigenvalue weighted by Gasteiger charge is -2.17. The molecule has 0 aliphatic carbocycles. The number of methoxy groups -OCH3 is 1. The molecule has 1 aromatic heterocycles. The van der Waals surface area contributed by atoms with Crippen LogP contribution < -0.4 is 15.4 Å². The van der Waals surface area contributed by atoms with E-state index in [9.17, 15) is 9.90 Å². The maximum absolute atomic E-state index is 11.9. The third-order valence-electron chi connectivity index (χ3n) is 3.44. The lowest BCUT2D eigenvalue weighted by molar-refractivity contribution is 0.168. The van der Waals surface area contributed by atoms with Crippen molar-refractivity contribution in [1.82, 2.24) is 25.4 Å². The van der Waals surface area contributed by atoms with Gasteiger partial charge in [-0.3, -0.25) is 0 Å². The standard InChI is InChI=1S/C15H21N5O3/c1-10(14-19-17-9-20(14)2)18-15(22)16-8-12(21)11-6-4-5-7-13(11)23-3/h4-7,9-10,12,21H,8H2,1-3H3,(H2,16,18,22)/t10-,12-/m0/s1. The Morgan fingerprint density at radius 2 is 2.17 bits per heavy atom. The number of para-hydroxylation sites is 1. The summed E-state index contributed by atoms with van der Waals surface area (Å²) in [6.45, 7) is 1.87. The second-order valence-corrected chi connectivity index (χ2v) is 5.13. The number of hydrogen-bond donors (Lipinski definition) is 3. The second kappa shape index (κ2) is 7.59. The van der Waals surface area contributed by atoms with Gasteiger partial charge in [0.25, 0.3) is 0 Å². The Morgan fingerprint density at radius 1 is 1.43 bits per heavy atom. The van der Waals surface area contributed by atoms with Crippen LogP contribution in [0.25, 0.3) is 0 Å². The predicted octanol–water partition coefficient (Wildman–Crippen LogP) is 0.917. The number of ether oxygens (including phenoxy) is 1. The number of rotatable bonds is 6. The van der Waals surface area contributed by atoms with Crippen molar-refractivity contribution in [3.8, 4) is 5.75 Å². The van der Waals surface area contributed by atoms with Crippen molar-refractivity contribution in [2.75, 3.05) is 13.7 Å². The number of aryl methyl sites for hydroxylation is 1. The summed E-state index contributed by atoms with van der Waals surface area (Å²) in [6, 6.07) is 6.44. The molecule has 0 unspecified atom stereocenters. The fourth-order valence-corrected chi connectivity index (χ4v) is 2.24. The molecular weight excluding hydrogens is 298 g/mol. The molecule has 0 saturated carbocycles. The van der Waals surface area contributed by atoms with Crippen LogP contribution in [0.3, 0.4) is 0 Å². The topological polar surface area (TPSA) is 101 Å². The summed E-state index contributed by atoms with van der Waals surface area (Å²) in [7, 11) is 3.34. The number of carbonyl (C=O) groups is 1. The molecule has 2 amide bonds. The Labute approximate surface area is 134 Å². The number of nitrogens with one attached hydrogen (secondary N) is 2. The highest BCUT2D eigenvalue weighted by Gasteiger charge is 2.16. The van der Waals surface area contributed by atoms with Gasteiger partial charge < -0.3 is 25.0 Å². The van der Waals surface area contributed by atoms with E-state index in [0.29, 0.717) is 17.1 Å². The van der Waals surface area contributed by atoms with E-state index in [1.54, 1.807) is 43.1 Å². The molecule has 2 aromatic rings. The first-order valence-electron chi connectivity index (χ1n) is 7.22. The minimum absolute atomic E-state index is 0.0672. The number of aliphatic hydroxyl groups is 1. The van der Waals surface area contributed by atoms with Gasteiger partial charge in [-0.05, 0) is 13.0 Å². The van der Waals surface area contributed by atoms with Crippen molar-refractivity contribution in [1.29, 1.82) is 0 Å².